The van der Waals surface area contributed by atoms with Crippen molar-refractivity contribution in [1.29, 1.82) is 5.41 Å². The summed E-state index contributed by atoms with van der Waals surface area (Å²) in [4.78, 5) is 19.2. The Hall–Kier alpha value is -3.20. The van der Waals surface area contributed by atoms with Crippen LogP contribution in [0.25, 0.3) is 11.8 Å². The molecule has 164 valence electrons. The lowest BCUT2D eigenvalue weighted by Gasteiger charge is -2.26. The van der Waals surface area contributed by atoms with E-state index < -0.39 is 5.91 Å². The maximum atomic E-state index is 13.8. The zero-order valence-electron chi connectivity index (χ0n) is 17.9. The third-order valence-corrected chi connectivity index (χ3v) is 6.88. The number of aliphatic imine (C=N–C) groups is 1. The van der Waals surface area contributed by atoms with Crippen molar-refractivity contribution < 1.29 is 9.18 Å². The van der Waals surface area contributed by atoms with E-state index in [2.05, 4.69) is 15.0 Å². The second-order valence-electron chi connectivity index (χ2n) is 8.09. The summed E-state index contributed by atoms with van der Waals surface area (Å²) in [6, 6.07) is 8.31. The normalized spacial score (nSPS) is 20.0. The van der Waals surface area contributed by atoms with Crippen LogP contribution in [0.2, 0.25) is 0 Å². The zero-order valence-corrected chi connectivity index (χ0v) is 18.7. The van der Waals surface area contributed by atoms with Gasteiger partial charge in [-0.1, -0.05) is 6.07 Å². The highest BCUT2D eigenvalue weighted by Crippen LogP contribution is 2.31. The molecule has 1 saturated heterocycles. The molecular weight excluding hydrogens is 427 g/mol. The molecule has 0 unspecified atom stereocenters. The molecular formula is C23H23FN6OS. The van der Waals surface area contributed by atoms with E-state index >= 15 is 0 Å². The summed E-state index contributed by atoms with van der Waals surface area (Å²) in [6.45, 7) is 5.71. The lowest BCUT2D eigenvalue weighted by atomic mass is 10.1. The highest BCUT2D eigenvalue weighted by molar-refractivity contribution is 8.26. The highest BCUT2D eigenvalue weighted by Gasteiger charge is 2.37. The lowest BCUT2D eigenvalue weighted by Crippen LogP contribution is -2.35. The van der Waals surface area contributed by atoms with Gasteiger partial charge in [0.2, 0.25) is 5.17 Å². The summed E-state index contributed by atoms with van der Waals surface area (Å²) in [5, 5.41) is 15.9. The summed E-state index contributed by atoms with van der Waals surface area (Å²) in [6.07, 6.45) is 5.14. The van der Waals surface area contributed by atoms with Crippen molar-refractivity contribution in [1.82, 2.24) is 14.5 Å². The predicted molar refractivity (Wildman–Crippen MR) is 126 cm³/mol. The molecule has 1 amide bonds. The summed E-state index contributed by atoms with van der Waals surface area (Å²) in [7, 11) is 0. The van der Waals surface area contributed by atoms with Crippen molar-refractivity contribution in [3.8, 4) is 5.69 Å². The summed E-state index contributed by atoms with van der Waals surface area (Å²) < 4.78 is 15.7. The van der Waals surface area contributed by atoms with Crippen molar-refractivity contribution in [3.05, 3.63) is 58.7 Å². The van der Waals surface area contributed by atoms with Crippen LogP contribution in [0, 0.1) is 25.1 Å². The Balaban J connectivity index is 1.48. The molecule has 0 radical (unpaired) electrons. The molecule has 0 spiro atoms. The topological polar surface area (TPSA) is 77.1 Å². The van der Waals surface area contributed by atoms with E-state index in [0.29, 0.717) is 10.9 Å². The van der Waals surface area contributed by atoms with Gasteiger partial charge in [0.25, 0.3) is 5.91 Å². The van der Waals surface area contributed by atoms with Gasteiger partial charge in [-0.25, -0.2) is 4.39 Å². The molecule has 9 heteroatoms. The highest BCUT2D eigenvalue weighted by atomic mass is 32.2. The minimum absolute atomic E-state index is 0.0232. The van der Waals surface area contributed by atoms with E-state index in [1.54, 1.807) is 12.1 Å². The molecule has 3 aliphatic heterocycles. The fraction of sp³-hybridized carbons (Fsp3) is 0.304. The number of hydrogen-bond acceptors (Lipinski definition) is 5. The van der Waals surface area contributed by atoms with Crippen molar-refractivity contribution in [3.63, 3.8) is 0 Å². The predicted octanol–water partition coefficient (Wildman–Crippen LogP) is 4.30. The van der Waals surface area contributed by atoms with Crippen LogP contribution >= 0.6 is 11.8 Å². The van der Waals surface area contributed by atoms with Crippen LogP contribution in [-0.2, 0) is 4.79 Å². The maximum Gasteiger partial charge on any atom is 0.283 e. The number of hydrazone groups is 1. The van der Waals surface area contributed by atoms with Gasteiger partial charge >= 0.3 is 0 Å². The van der Waals surface area contributed by atoms with E-state index in [-0.39, 0.29) is 17.2 Å². The summed E-state index contributed by atoms with van der Waals surface area (Å²) in [5.41, 5.74) is 3.44. The molecule has 0 saturated carbocycles. The minimum atomic E-state index is -0.445. The van der Waals surface area contributed by atoms with Crippen LogP contribution in [0.1, 0.15) is 36.2 Å². The van der Waals surface area contributed by atoms with Crippen molar-refractivity contribution >= 4 is 39.9 Å². The van der Waals surface area contributed by atoms with Crippen LogP contribution in [0.4, 0.5) is 4.39 Å². The van der Waals surface area contributed by atoms with Crippen LogP contribution in [-0.4, -0.2) is 49.6 Å². The van der Waals surface area contributed by atoms with Gasteiger partial charge in [-0.05, 0) is 80.8 Å². The fourth-order valence-electron chi connectivity index (χ4n) is 4.30. The smallest absolute Gasteiger partial charge is 0.283 e. The van der Waals surface area contributed by atoms with Gasteiger partial charge in [-0.2, -0.15) is 10.0 Å². The average Bonchev–Trinajstić information content (AvgIpc) is 3.32. The number of rotatable bonds is 2. The molecule has 32 heavy (non-hydrogen) atoms. The van der Waals surface area contributed by atoms with Crippen LogP contribution in [0.5, 0.6) is 0 Å². The van der Waals surface area contributed by atoms with Crippen molar-refractivity contribution in [2.75, 3.05) is 13.1 Å². The molecule has 0 atom stereocenters. The Kier molecular flexibility index (Phi) is 5.21. The van der Waals surface area contributed by atoms with E-state index in [9.17, 15) is 9.18 Å². The molecule has 1 aromatic heterocycles. The van der Waals surface area contributed by atoms with Gasteiger partial charge in [-0.3, -0.25) is 10.2 Å². The van der Waals surface area contributed by atoms with Gasteiger partial charge in [-0.15, -0.1) is 5.10 Å². The van der Waals surface area contributed by atoms with Gasteiger partial charge < -0.3 is 9.47 Å². The number of carbonyl (C=O) groups is 1. The minimum Gasteiger partial charge on any atom is -0.349 e. The Morgan fingerprint density at radius 1 is 1.12 bits per heavy atom. The van der Waals surface area contributed by atoms with Crippen molar-refractivity contribution in [2.24, 2.45) is 10.1 Å². The zero-order chi connectivity index (χ0) is 22.4. The molecule has 5 rings (SSSR count). The van der Waals surface area contributed by atoms with Crippen LogP contribution < -0.4 is 0 Å². The Bertz CT molecular complexity index is 1220. The number of hydrogen-bond donors (Lipinski definition) is 1. The molecule has 1 aromatic carbocycles. The number of nitrogens with one attached hydrogen (secondary N) is 1. The lowest BCUT2D eigenvalue weighted by molar-refractivity contribution is -0.114. The Morgan fingerprint density at radius 3 is 2.66 bits per heavy atom. The maximum absolute atomic E-state index is 13.8. The molecule has 0 bridgehead atoms. The first-order valence-corrected chi connectivity index (χ1v) is 11.4. The number of nitrogens with zero attached hydrogens (tertiary/aromatic N) is 5. The molecule has 1 fully saturated rings. The number of fused-ring (bicyclic) bond motifs is 1. The molecule has 1 N–H and O–H groups in total. The number of aryl methyl sites for hydroxylation is 1. The fourth-order valence-corrected chi connectivity index (χ4v) is 5.24. The van der Waals surface area contributed by atoms with E-state index in [0.717, 1.165) is 48.1 Å². The standard InChI is InChI=1S/C23H23FN6OS/c1-14-11-16(15(2)29(14)18-8-6-7-17(24)13-18)12-19-20(25)30-22(26-21(19)31)32-23(27-30)28-9-4-3-5-10-28/h6-8,11-13,25H,3-5,9-10H2,1-2H3/b19-12+,25-20?. The third kappa shape index (κ3) is 3.56. The quantitative estimate of drug-likeness (QED) is 0.693. The van der Waals surface area contributed by atoms with Gasteiger partial charge in [0, 0.05) is 30.2 Å². The Labute approximate surface area is 189 Å². The van der Waals surface area contributed by atoms with E-state index in [1.165, 1.54) is 35.3 Å². The number of piperidine rings is 1. The first-order chi connectivity index (χ1) is 15.4. The first kappa shape index (κ1) is 20.7. The van der Waals surface area contributed by atoms with Crippen LogP contribution in [0.15, 0.2) is 46.0 Å². The monoisotopic (exact) mass is 450 g/mol. The summed E-state index contributed by atoms with van der Waals surface area (Å²) in [5.74, 6) is -0.732. The molecule has 0 aliphatic carbocycles. The second kappa shape index (κ2) is 8.05. The van der Waals surface area contributed by atoms with Gasteiger partial charge in [0.15, 0.2) is 11.0 Å². The number of aromatic nitrogens is 1. The largest absolute Gasteiger partial charge is 0.349 e. The van der Waals surface area contributed by atoms with E-state index in [4.69, 9.17) is 5.41 Å². The Morgan fingerprint density at radius 2 is 1.91 bits per heavy atom. The SMILES string of the molecule is Cc1cc(/C=C2\C(=N)N3N=C(N4CCCCC4)SC3=NC2=O)c(C)n1-c1cccc(F)c1. The molecule has 7 nitrogen and oxygen atoms in total. The molecule has 2 aromatic rings. The number of likely N-dealkylation sites (tertiary alicyclic amines) is 1. The molecule has 3 aliphatic rings. The summed E-state index contributed by atoms with van der Waals surface area (Å²) >= 11 is 1.35. The number of halogens is 1. The molecule has 4 heterocycles. The number of carbonyl (C=O) groups excluding carboxylic acids is 1. The number of thioether (sulfide) groups is 1. The van der Waals surface area contributed by atoms with Crippen molar-refractivity contribution in [2.45, 2.75) is 33.1 Å². The number of amidine groups is 3. The van der Waals surface area contributed by atoms with Gasteiger partial charge in [0.1, 0.15) is 5.82 Å². The van der Waals surface area contributed by atoms with Crippen LogP contribution in [0.3, 0.4) is 0 Å². The van der Waals surface area contributed by atoms with E-state index in [1.807, 2.05) is 30.5 Å². The van der Waals surface area contributed by atoms with Gasteiger partial charge in [0.05, 0.1) is 5.57 Å². The number of amides is 1. The second-order valence-corrected chi connectivity index (χ2v) is 9.03. The number of benzene rings is 1. The third-order valence-electron chi connectivity index (χ3n) is 5.91. The first-order valence-electron chi connectivity index (χ1n) is 10.6. The average molecular weight is 451 g/mol.